The molecule has 0 aliphatic heterocycles. The van der Waals surface area contributed by atoms with Gasteiger partial charge in [-0.1, -0.05) is 0 Å². The number of hydrogen-bond donors (Lipinski definition) is 1. The lowest BCUT2D eigenvalue weighted by molar-refractivity contribution is -0.385. The first-order chi connectivity index (χ1) is 7.13. The molecule has 80 valence electrons. The predicted octanol–water partition coefficient (Wildman–Crippen LogP) is 1.80. The van der Waals surface area contributed by atoms with Crippen LogP contribution >= 0.6 is 0 Å². The van der Waals surface area contributed by atoms with Crippen LogP contribution in [0.2, 0.25) is 0 Å². The Morgan fingerprint density at radius 3 is 2.87 bits per heavy atom. The summed E-state index contributed by atoms with van der Waals surface area (Å²) in [7, 11) is 0. The number of nitro benzene ring substituents is 1. The quantitative estimate of drug-likeness (QED) is 0.610. The highest BCUT2D eigenvalue weighted by atomic mass is 19.1. The molecule has 1 aromatic carbocycles. The molecule has 5 heteroatoms. The Morgan fingerprint density at radius 2 is 2.33 bits per heavy atom. The monoisotopic (exact) mass is 210 g/mol. The number of halogens is 1. The molecule has 2 N–H and O–H groups in total. The first kappa shape index (κ1) is 10.0. The second-order valence-corrected chi connectivity index (χ2v) is 3.80. The smallest absolute Gasteiger partial charge is 0.273 e. The van der Waals surface area contributed by atoms with Crippen molar-refractivity contribution < 1.29 is 9.31 Å². The van der Waals surface area contributed by atoms with Gasteiger partial charge in [0.25, 0.3) is 5.69 Å². The van der Waals surface area contributed by atoms with Gasteiger partial charge in [0.2, 0.25) is 0 Å². The van der Waals surface area contributed by atoms with E-state index in [1.807, 2.05) is 0 Å². The minimum absolute atomic E-state index is 0.00245. The van der Waals surface area contributed by atoms with Gasteiger partial charge < -0.3 is 5.73 Å². The fourth-order valence-electron chi connectivity index (χ4n) is 1.88. The highest BCUT2D eigenvalue weighted by Crippen LogP contribution is 2.49. The van der Waals surface area contributed by atoms with Crippen LogP contribution in [0.5, 0.6) is 0 Å². The molecule has 1 saturated carbocycles. The van der Waals surface area contributed by atoms with Gasteiger partial charge in [-0.05, 0) is 36.9 Å². The zero-order valence-electron chi connectivity index (χ0n) is 8.02. The van der Waals surface area contributed by atoms with Crippen LogP contribution in [-0.2, 0) is 0 Å². The van der Waals surface area contributed by atoms with Crippen LogP contribution in [-0.4, -0.2) is 11.5 Å². The van der Waals surface area contributed by atoms with Crippen molar-refractivity contribution in [2.45, 2.75) is 12.3 Å². The van der Waals surface area contributed by atoms with E-state index in [0.29, 0.717) is 12.1 Å². The molecule has 0 bridgehead atoms. The van der Waals surface area contributed by atoms with E-state index in [-0.39, 0.29) is 17.5 Å². The second kappa shape index (κ2) is 3.58. The maximum absolute atomic E-state index is 13.0. The van der Waals surface area contributed by atoms with E-state index in [0.717, 1.165) is 12.5 Å². The van der Waals surface area contributed by atoms with Crippen LogP contribution in [0.25, 0.3) is 0 Å². The molecule has 0 saturated heterocycles. The van der Waals surface area contributed by atoms with Crippen molar-refractivity contribution in [1.82, 2.24) is 0 Å². The van der Waals surface area contributed by atoms with E-state index in [2.05, 4.69) is 0 Å². The number of nitro groups is 1. The highest BCUT2D eigenvalue weighted by molar-refractivity contribution is 5.45. The summed E-state index contributed by atoms with van der Waals surface area (Å²) in [4.78, 5) is 10.2. The Kier molecular flexibility index (Phi) is 2.40. The van der Waals surface area contributed by atoms with E-state index in [4.69, 9.17) is 5.73 Å². The minimum atomic E-state index is -0.472. The van der Waals surface area contributed by atoms with E-state index in [9.17, 15) is 14.5 Å². The molecule has 0 heterocycles. The first-order valence-corrected chi connectivity index (χ1v) is 4.77. The average molecular weight is 210 g/mol. The first-order valence-electron chi connectivity index (χ1n) is 4.77. The SMILES string of the molecule is NCC1CC1c1cc(F)ccc1[N+](=O)[O-]. The van der Waals surface area contributed by atoms with E-state index >= 15 is 0 Å². The maximum Gasteiger partial charge on any atom is 0.273 e. The zero-order valence-corrected chi connectivity index (χ0v) is 8.02. The molecule has 2 rings (SSSR count). The number of benzene rings is 1. The highest BCUT2D eigenvalue weighted by Gasteiger charge is 2.40. The maximum atomic E-state index is 13.0. The fourth-order valence-corrected chi connectivity index (χ4v) is 1.88. The molecule has 1 aliphatic rings. The van der Waals surface area contributed by atoms with Crippen LogP contribution in [0.15, 0.2) is 18.2 Å². The lowest BCUT2D eigenvalue weighted by Gasteiger charge is -2.01. The van der Waals surface area contributed by atoms with Gasteiger partial charge in [-0.15, -0.1) is 0 Å². The van der Waals surface area contributed by atoms with Gasteiger partial charge in [0.15, 0.2) is 0 Å². The summed E-state index contributed by atoms with van der Waals surface area (Å²) in [6.45, 7) is 0.498. The molecular formula is C10H11FN2O2. The molecule has 0 radical (unpaired) electrons. The summed E-state index contributed by atoms with van der Waals surface area (Å²) in [5, 5.41) is 10.7. The van der Waals surface area contributed by atoms with E-state index < -0.39 is 10.7 Å². The lowest BCUT2D eigenvalue weighted by Crippen LogP contribution is -2.03. The summed E-state index contributed by atoms with van der Waals surface area (Å²) in [6, 6.07) is 3.58. The van der Waals surface area contributed by atoms with Crippen LogP contribution in [0.1, 0.15) is 17.9 Å². The molecule has 1 fully saturated rings. The number of hydrogen-bond acceptors (Lipinski definition) is 3. The fraction of sp³-hybridized carbons (Fsp3) is 0.400. The third-order valence-electron chi connectivity index (χ3n) is 2.81. The van der Waals surface area contributed by atoms with Gasteiger partial charge in [0, 0.05) is 11.6 Å². The van der Waals surface area contributed by atoms with Crippen molar-refractivity contribution in [3.8, 4) is 0 Å². The lowest BCUT2D eigenvalue weighted by atomic mass is 10.1. The molecular weight excluding hydrogens is 199 g/mol. The Bertz CT molecular complexity index is 408. The van der Waals surface area contributed by atoms with Crippen LogP contribution < -0.4 is 5.73 Å². The number of nitrogens with zero attached hydrogens (tertiary/aromatic N) is 1. The molecule has 1 aliphatic carbocycles. The van der Waals surface area contributed by atoms with Crippen LogP contribution in [0, 0.1) is 21.8 Å². The summed E-state index contributed by atoms with van der Waals surface area (Å²) in [5.74, 6) is -0.102. The van der Waals surface area contributed by atoms with Crippen molar-refractivity contribution in [1.29, 1.82) is 0 Å². The third kappa shape index (κ3) is 1.83. The topological polar surface area (TPSA) is 69.2 Å². The van der Waals surface area contributed by atoms with Crippen molar-refractivity contribution in [3.05, 3.63) is 39.7 Å². The Balaban J connectivity index is 2.36. The Labute approximate surface area is 86.0 Å². The zero-order chi connectivity index (χ0) is 11.0. The Hall–Kier alpha value is -1.49. The van der Waals surface area contributed by atoms with Crippen LogP contribution in [0.3, 0.4) is 0 Å². The summed E-state index contributed by atoms with van der Waals surface area (Å²) >= 11 is 0. The van der Waals surface area contributed by atoms with Crippen molar-refractivity contribution in [2.24, 2.45) is 11.7 Å². The molecule has 0 aromatic heterocycles. The number of rotatable bonds is 3. The van der Waals surface area contributed by atoms with Crippen molar-refractivity contribution in [2.75, 3.05) is 6.54 Å². The Morgan fingerprint density at radius 1 is 1.60 bits per heavy atom. The summed E-state index contributed by atoms with van der Waals surface area (Å²) in [5.41, 5.74) is 5.94. The van der Waals surface area contributed by atoms with Gasteiger partial charge in [0.1, 0.15) is 5.82 Å². The third-order valence-corrected chi connectivity index (χ3v) is 2.81. The minimum Gasteiger partial charge on any atom is -0.330 e. The van der Waals surface area contributed by atoms with Gasteiger partial charge >= 0.3 is 0 Å². The normalized spacial score (nSPS) is 23.9. The van der Waals surface area contributed by atoms with Crippen molar-refractivity contribution >= 4 is 5.69 Å². The van der Waals surface area contributed by atoms with Gasteiger partial charge in [-0.3, -0.25) is 10.1 Å². The van der Waals surface area contributed by atoms with Crippen molar-refractivity contribution in [3.63, 3.8) is 0 Å². The van der Waals surface area contributed by atoms with Crippen LogP contribution in [0.4, 0.5) is 10.1 Å². The second-order valence-electron chi connectivity index (χ2n) is 3.80. The summed E-state index contributed by atoms with van der Waals surface area (Å²) in [6.07, 6.45) is 0.820. The van der Waals surface area contributed by atoms with Gasteiger partial charge in [0.05, 0.1) is 4.92 Å². The summed E-state index contributed by atoms with van der Waals surface area (Å²) < 4.78 is 13.0. The number of nitrogens with two attached hydrogens (primary N) is 1. The largest absolute Gasteiger partial charge is 0.330 e. The predicted molar refractivity (Wildman–Crippen MR) is 53.0 cm³/mol. The average Bonchev–Trinajstić information content (AvgIpc) is 2.95. The van der Waals surface area contributed by atoms with E-state index in [1.165, 1.54) is 12.1 Å². The molecule has 0 spiro atoms. The molecule has 2 atom stereocenters. The van der Waals surface area contributed by atoms with Gasteiger partial charge in [-0.25, -0.2) is 4.39 Å². The molecule has 1 aromatic rings. The van der Waals surface area contributed by atoms with Gasteiger partial charge in [-0.2, -0.15) is 0 Å². The molecule has 2 unspecified atom stereocenters. The van der Waals surface area contributed by atoms with E-state index in [1.54, 1.807) is 0 Å². The molecule has 15 heavy (non-hydrogen) atoms. The molecule has 0 amide bonds. The molecule has 4 nitrogen and oxygen atoms in total. The standard InChI is InChI=1S/C10H11FN2O2/c11-7-1-2-10(13(14)15)9(4-7)8-3-6(8)5-12/h1-2,4,6,8H,3,5,12H2.